The Kier molecular flexibility index (Phi) is 6.20. The smallest absolute Gasteiger partial charge is 0.199 e. The summed E-state index contributed by atoms with van der Waals surface area (Å²) in [6.45, 7) is 8.37. The van der Waals surface area contributed by atoms with E-state index < -0.39 is 20.1 Å². The third-order valence-electron chi connectivity index (χ3n) is 5.94. The van der Waals surface area contributed by atoms with Crippen LogP contribution in [0.25, 0.3) is 0 Å². The average Bonchev–Trinajstić information content (AvgIpc) is 2.74. The summed E-state index contributed by atoms with van der Waals surface area (Å²) in [6.07, 6.45) is -0.828. The van der Waals surface area contributed by atoms with Crippen molar-refractivity contribution in [2.75, 3.05) is 0 Å². The molecule has 150 valence electrons. The molecule has 0 bridgehead atoms. The number of carbonyl (C=O) groups is 1. The van der Waals surface area contributed by atoms with Crippen LogP contribution in [-0.4, -0.2) is 18.6 Å². The Morgan fingerprint density at radius 3 is 1.52 bits per heavy atom. The lowest BCUT2D eigenvalue weighted by molar-refractivity contribution is -0.119. The summed E-state index contributed by atoms with van der Waals surface area (Å²) in [4.78, 5) is 14.3. The summed E-state index contributed by atoms with van der Waals surface area (Å²) < 4.78 is 0. The van der Waals surface area contributed by atoms with E-state index in [9.17, 15) is 9.90 Å². The van der Waals surface area contributed by atoms with Gasteiger partial charge in [-0.3, -0.25) is 0 Å². The molecule has 2 nitrogen and oxygen atoms in total. The fourth-order valence-corrected chi connectivity index (χ4v) is 10.1. The molecule has 0 aromatic heterocycles. The highest BCUT2D eigenvalue weighted by molar-refractivity contribution is 7.24. The van der Waals surface area contributed by atoms with Crippen LogP contribution in [0.15, 0.2) is 91.0 Å². The molecule has 0 spiro atoms. The van der Waals surface area contributed by atoms with E-state index in [1.807, 2.05) is 73.7 Å². The number of hydrogen-bond acceptors (Lipinski definition) is 2. The largest absolute Gasteiger partial charge is 0.388 e. The summed E-state index contributed by atoms with van der Waals surface area (Å²) in [7, 11) is -2.91. The molecule has 0 fully saturated rings. The third-order valence-corrected chi connectivity index (χ3v) is 11.8. The van der Waals surface area contributed by atoms with Crippen LogP contribution < -0.4 is 10.4 Å². The van der Waals surface area contributed by atoms with E-state index in [2.05, 4.69) is 45.0 Å². The molecule has 0 heterocycles. The van der Waals surface area contributed by atoms with Crippen molar-refractivity contribution < 1.29 is 9.90 Å². The molecule has 3 aromatic carbocycles. The topological polar surface area (TPSA) is 37.3 Å². The molecule has 3 rings (SSSR count). The van der Waals surface area contributed by atoms with E-state index in [4.69, 9.17) is 0 Å². The summed E-state index contributed by atoms with van der Waals surface area (Å²) in [5.74, 6) is -0.510. The van der Waals surface area contributed by atoms with E-state index in [1.54, 1.807) is 0 Å². The van der Waals surface area contributed by atoms with Crippen LogP contribution >= 0.6 is 0 Å². The molecule has 0 aliphatic rings. The van der Waals surface area contributed by atoms with Crippen LogP contribution in [0.3, 0.4) is 0 Å². The van der Waals surface area contributed by atoms with Gasteiger partial charge in [0, 0.05) is 5.92 Å². The van der Waals surface area contributed by atoms with Gasteiger partial charge in [-0.05, 0) is 21.0 Å². The molecule has 0 saturated carbocycles. The fourth-order valence-electron chi connectivity index (χ4n) is 4.49. The molecular formula is C26H30O2Si. The first-order chi connectivity index (χ1) is 13.8. The van der Waals surface area contributed by atoms with E-state index >= 15 is 0 Å². The van der Waals surface area contributed by atoms with Crippen molar-refractivity contribution in [2.24, 2.45) is 5.92 Å². The van der Waals surface area contributed by atoms with Crippen molar-refractivity contribution in [1.29, 1.82) is 0 Å². The maximum absolute atomic E-state index is 14.3. The van der Waals surface area contributed by atoms with Gasteiger partial charge in [0.25, 0.3) is 0 Å². The second-order valence-corrected chi connectivity index (χ2v) is 13.4. The number of benzene rings is 3. The molecule has 3 heteroatoms. The van der Waals surface area contributed by atoms with Crippen LogP contribution in [0, 0.1) is 5.92 Å². The van der Waals surface area contributed by atoms with Crippen molar-refractivity contribution in [3.63, 3.8) is 0 Å². The van der Waals surface area contributed by atoms with Gasteiger partial charge in [-0.2, -0.15) is 0 Å². The third kappa shape index (κ3) is 3.85. The van der Waals surface area contributed by atoms with Gasteiger partial charge >= 0.3 is 0 Å². The SMILES string of the molecule is C[C@@H](C(=O)[Si](c1ccccc1)(c1ccccc1)C(C)(C)C)[C@@H](O)c1ccccc1. The number of aliphatic hydroxyl groups is 1. The second kappa shape index (κ2) is 8.48. The van der Waals surface area contributed by atoms with Gasteiger partial charge < -0.3 is 9.90 Å². The monoisotopic (exact) mass is 402 g/mol. The van der Waals surface area contributed by atoms with Gasteiger partial charge in [0.05, 0.1) is 6.10 Å². The molecule has 0 unspecified atom stereocenters. The molecule has 3 aromatic rings. The minimum atomic E-state index is -2.91. The van der Waals surface area contributed by atoms with Gasteiger partial charge in [-0.25, -0.2) is 0 Å². The minimum absolute atomic E-state index is 0.166. The van der Waals surface area contributed by atoms with Crippen molar-refractivity contribution in [3.05, 3.63) is 96.6 Å². The Balaban J connectivity index is 2.21. The van der Waals surface area contributed by atoms with Crippen LogP contribution in [0.5, 0.6) is 0 Å². The molecule has 0 amide bonds. The lowest BCUT2D eigenvalue weighted by Gasteiger charge is -2.44. The summed E-state index contributed by atoms with van der Waals surface area (Å²) in [5, 5.41) is 13.2. The Hall–Kier alpha value is -2.49. The normalized spacial score (nSPS) is 14.2. The fraction of sp³-hybridized carbons (Fsp3) is 0.269. The second-order valence-electron chi connectivity index (χ2n) is 8.74. The zero-order valence-corrected chi connectivity index (χ0v) is 18.7. The summed E-state index contributed by atoms with van der Waals surface area (Å²) >= 11 is 0. The molecule has 2 atom stereocenters. The molecule has 0 aliphatic heterocycles. The van der Waals surface area contributed by atoms with Crippen molar-refractivity contribution in [1.82, 2.24) is 0 Å². The quantitative estimate of drug-likeness (QED) is 0.615. The Morgan fingerprint density at radius 2 is 1.14 bits per heavy atom. The standard InChI is InChI=1S/C26H30O2Si/c1-20(24(27)21-14-8-5-9-15-21)25(28)29(26(2,3)4,22-16-10-6-11-17-22)23-18-12-7-13-19-23/h5-20,24,27H,1-4H3/t20-,24-/m1/s1. The van der Waals surface area contributed by atoms with Crippen molar-refractivity contribution in [3.8, 4) is 0 Å². The van der Waals surface area contributed by atoms with Crippen LogP contribution in [0.2, 0.25) is 5.04 Å². The molecule has 29 heavy (non-hydrogen) atoms. The number of aliphatic hydroxyl groups excluding tert-OH is 1. The average molecular weight is 403 g/mol. The van der Waals surface area contributed by atoms with Gasteiger partial charge in [-0.1, -0.05) is 119 Å². The Bertz CT molecular complexity index is 891. The number of hydrogen-bond donors (Lipinski definition) is 1. The first-order valence-electron chi connectivity index (χ1n) is 10.2. The maximum atomic E-state index is 14.3. The molecule has 1 N–H and O–H groups in total. The Labute approximate surface area is 175 Å². The van der Waals surface area contributed by atoms with Crippen molar-refractivity contribution >= 4 is 23.9 Å². The van der Waals surface area contributed by atoms with Crippen molar-refractivity contribution in [2.45, 2.75) is 38.8 Å². The maximum Gasteiger partial charge on any atom is 0.199 e. The van der Waals surface area contributed by atoms with Gasteiger partial charge in [0.15, 0.2) is 8.07 Å². The highest BCUT2D eigenvalue weighted by atomic mass is 28.3. The molecular weight excluding hydrogens is 372 g/mol. The van der Waals surface area contributed by atoms with Crippen LogP contribution in [-0.2, 0) is 4.79 Å². The lowest BCUT2D eigenvalue weighted by atomic mass is 9.99. The number of rotatable bonds is 6. The van der Waals surface area contributed by atoms with Gasteiger partial charge in [0.1, 0.15) is 5.41 Å². The first kappa shape index (κ1) is 21.2. The highest BCUT2D eigenvalue weighted by Crippen LogP contribution is 2.39. The minimum Gasteiger partial charge on any atom is -0.388 e. The van der Waals surface area contributed by atoms with Gasteiger partial charge in [0.2, 0.25) is 0 Å². The predicted octanol–water partition coefficient (Wildman–Crippen LogP) is 4.53. The number of carbonyl (C=O) groups excluding carboxylic acids is 1. The molecule has 0 aliphatic carbocycles. The van der Waals surface area contributed by atoms with E-state index in [0.29, 0.717) is 0 Å². The van der Waals surface area contributed by atoms with Crippen LogP contribution in [0.1, 0.15) is 39.4 Å². The highest BCUT2D eigenvalue weighted by Gasteiger charge is 2.55. The first-order valence-corrected chi connectivity index (χ1v) is 12.2. The summed E-state index contributed by atoms with van der Waals surface area (Å²) in [5.41, 5.74) is 0.784. The Morgan fingerprint density at radius 1 is 0.759 bits per heavy atom. The van der Waals surface area contributed by atoms with Crippen LogP contribution in [0.4, 0.5) is 0 Å². The zero-order valence-electron chi connectivity index (χ0n) is 17.7. The molecule has 0 saturated heterocycles. The lowest BCUT2D eigenvalue weighted by Crippen LogP contribution is -2.71. The predicted molar refractivity (Wildman–Crippen MR) is 123 cm³/mol. The van der Waals surface area contributed by atoms with E-state index in [-0.39, 0.29) is 10.4 Å². The summed E-state index contributed by atoms with van der Waals surface area (Å²) in [6, 6.07) is 29.9. The van der Waals surface area contributed by atoms with Gasteiger partial charge in [-0.15, -0.1) is 0 Å². The molecule has 0 radical (unpaired) electrons. The van der Waals surface area contributed by atoms with E-state index in [1.165, 1.54) is 0 Å². The van der Waals surface area contributed by atoms with E-state index in [0.717, 1.165) is 15.9 Å². The zero-order chi connectivity index (χ0) is 21.1.